The lowest BCUT2D eigenvalue weighted by Crippen LogP contribution is -2.40. The number of alkyl halides is 1. The molecule has 0 aromatic carbocycles. The molecule has 1 saturated carbocycles. The van der Waals surface area contributed by atoms with Crippen LogP contribution in [-0.4, -0.2) is 57.1 Å². The molecule has 1 aromatic heterocycles. The van der Waals surface area contributed by atoms with Crippen molar-refractivity contribution in [2.45, 2.75) is 68.7 Å². The molecule has 4 N–H and O–H groups in total. The molecule has 0 bridgehead atoms. The van der Waals surface area contributed by atoms with Gasteiger partial charge >= 0.3 is 0 Å². The number of nitrogens with one attached hydrogen (secondary N) is 1. The Morgan fingerprint density at radius 3 is 2.72 bits per heavy atom. The predicted molar refractivity (Wildman–Crippen MR) is 94.6 cm³/mol. The maximum atomic E-state index is 14.6. The molecule has 2 fully saturated rings. The number of nitrogens with zero attached hydrogens (tertiary/aromatic N) is 2. The first-order chi connectivity index (χ1) is 11.7. The normalized spacial score (nSPS) is 33.4. The fourth-order valence-corrected chi connectivity index (χ4v) is 3.96. The number of hydrogen-bond donors (Lipinski definition) is 3. The molecule has 0 spiro atoms. The second kappa shape index (κ2) is 7.03. The van der Waals surface area contributed by atoms with Crippen LogP contribution in [0.5, 0.6) is 0 Å². The Bertz CT molecular complexity index is 653. The van der Waals surface area contributed by atoms with Crippen LogP contribution in [0.4, 0.5) is 15.9 Å². The van der Waals surface area contributed by atoms with Crippen molar-refractivity contribution in [3.63, 3.8) is 0 Å². The van der Waals surface area contributed by atoms with Gasteiger partial charge in [-0.2, -0.15) is 0 Å². The van der Waals surface area contributed by atoms with Crippen molar-refractivity contribution in [3.8, 4) is 0 Å². The number of aromatic nitrogens is 2. The van der Waals surface area contributed by atoms with Crippen LogP contribution in [0.25, 0.3) is 0 Å². The SMILES string of the molecule is CCCSc1nc(Cl)c(N)c(N[C@@H]2[C@@H](F)[C@H](O)[C@H]3OC(C)(C)O[C@@H]23)n1. The van der Waals surface area contributed by atoms with Gasteiger partial charge in [-0.1, -0.05) is 30.3 Å². The molecule has 10 heteroatoms. The number of hydrogen-bond acceptors (Lipinski definition) is 8. The highest BCUT2D eigenvalue weighted by molar-refractivity contribution is 7.99. The summed E-state index contributed by atoms with van der Waals surface area (Å²) in [6, 6.07) is -0.862. The Labute approximate surface area is 154 Å². The molecule has 0 radical (unpaired) electrons. The number of anilines is 2. The van der Waals surface area contributed by atoms with Gasteiger partial charge in [0.05, 0.1) is 6.04 Å². The van der Waals surface area contributed by atoms with Gasteiger partial charge in [-0.3, -0.25) is 0 Å². The van der Waals surface area contributed by atoms with Crippen LogP contribution in [-0.2, 0) is 9.47 Å². The molecule has 2 heterocycles. The summed E-state index contributed by atoms with van der Waals surface area (Å²) in [5, 5.41) is 13.6. The van der Waals surface area contributed by atoms with Crippen molar-refractivity contribution < 1.29 is 19.0 Å². The lowest BCUT2D eigenvalue weighted by atomic mass is 10.2. The number of rotatable bonds is 5. The summed E-state index contributed by atoms with van der Waals surface area (Å²) in [5.74, 6) is 0.156. The summed E-state index contributed by atoms with van der Waals surface area (Å²) in [5.41, 5.74) is 6.07. The van der Waals surface area contributed by atoms with E-state index in [-0.39, 0.29) is 16.7 Å². The smallest absolute Gasteiger partial charge is 0.191 e. The van der Waals surface area contributed by atoms with Crippen molar-refractivity contribution in [2.75, 3.05) is 16.8 Å². The molecule has 1 aliphatic carbocycles. The Morgan fingerprint density at radius 1 is 1.36 bits per heavy atom. The fourth-order valence-electron chi connectivity index (χ4n) is 3.04. The molecule has 5 atom stereocenters. The van der Waals surface area contributed by atoms with Gasteiger partial charge in [-0.15, -0.1) is 0 Å². The zero-order chi connectivity index (χ0) is 18.4. The van der Waals surface area contributed by atoms with Crippen molar-refractivity contribution in [1.82, 2.24) is 9.97 Å². The van der Waals surface area contributed by atoms with Crippen LogP contribution in [0.15, 0.2) is 5.16 Å². The number of halogens is 2. The molecule has 25 heavy (non-hydrogen) atoms. The number of aliphatic hydroxyl groups excluding tert-OH is 1. The van der Waals surface area contributed by atoms with Crippen molar-refractivity contribution in [2.24, 2.45) is 0 Å². The number of aliphatic hydroxyl groups is 1. The number of nitrogens with two attached hydrogens (primary N) is 1. The number of nitrogen functional groups attached to an aromatic ring is 1. The molecule has 2 aliphatic rings. The third-order valence-corrected chi connectivity index (χ3v) is 5.48. The Hall–Kier alpha value is -0.870. The largest absolute Gasteiger partial charge is 0.393 e. The molecule has 3 rings (SSSR count). The van der Waals surface area contributed by atoms with Crippen LogP contribution in [0.3, 0.4) is 0 Å². The van der Waals surface area contributed by atoms with Crippen molar-refractivity contribution in [3.05, 3.63) is 5.15 Å². The predicted octanol–water partition coefficient (Wildman–Crippen LogP) is 2.23. The van der Waals surface area contributed by atoms with E-state index in [2.05, 4.69) is 15.3 Å². The number of thioether (sulfide) groups is 1. The fraction of sp³-hybridized carbons (Fsp3) is 0.733. The van der Waals surface area contributed by atoms with E-state index < -0.39 is 36.3 Å². The Kier molecular flexibility index (Phi) is 5.32. The van der Waals surface area contributed by atoms with E-state index in [9.17, 15) is 9.50 Å². The summed E-state index contributed by atoms with van der Waals surface area (Å²) in [6.45, 7) is 5.48. The van der Waals surface area contributed by atoms with E-state index in [1.54, 1.807) is 13.8 Å². The van der Waals surface area contributed by atoms with E-state index in [0.717, 1.165) is 12.2 Å². The van der Waals surface area contributed by atoms with Crippen LogP contribution in [0, 0.1) is 0 Å². The summed E-state index contributed by atoms with van der Waals surface area (Å²) in [7, 11) is 0. The average molecular weight is 393 g/mol. The second-order valence-electron chi connectivity index (χ2n) is 6.58. The van der Waals surface area contributed by atoms with Crippen LogP contribution in [0.1, 0.15) is 27.2 Å². The maximum Gasteiger partial charge on any atom is 0.191 e. The standard InChI is InChI=1S/C15H22ClFN4O3S/c1-4-5-25-14-20-12(16)7(18)13(21-14)19-8-6(17)9(22)11-10(8)23-15(2,3)24-11/h6,8-11,22H,4-5,18H2,1-3H3,(H,19,20,21)/t6-,8-,9+,10+,11-/m1/s1. The van der Waals surface area contributed by atoms with Gasteiger partial charge in [0.25, 0.3) is 0 Å². The lowest BCUT2D eigenvalue weighted by molar-refractivity contribution is -0.169. The topological polar surface area (TPSA) is 103 Å². The van der Waals surface area contributed by atoms with Gasteiger partial charge in [-0.25, -0.2) is 14.4 Å². The number of ether oxygens (including phenoxy) is 2. The summed E-state index contributed by atoms with van der Waals surface area (Å²) < 4.78 is 25.9. The Balaban J connectivity index is 1.85. The van der Waals surface area contributed by atoms with Gasteiger partial charge in [0.1, 0.15) is 24.0 Å². The van der Waals surface area contributed by atoms with Crippen LogP contribution in [0.2, 0.25) is 5.15 Å². The summed E-state index contributed by atoms with van der Waals surface area (Å²) >= 11 is 7.51. The molecule has 7 nitrogen and oxygen atoms in total. The monoisotopic (exact) mass is 392 g/mol. The molecular formula is C15H22ClFN4O3S. The van der Waals surface area contributed by atoms with E-state index >= 15 is 0 Å². The van der Waals surface area contributed by atoms with Crippen LogP contribution >= 0.6 is 23.4 Å². The van der Waals surface area contributed by atoms with Gasteiger partial charge in [0, 0.05) is 5.75 Å². The first-order valence-corrected chi connectivity index (χ1v) is 9.50. The highest BCUT2D eigenvalue weighted by Gasteiger charge is 2.59. The number of fused-ring (bicyclic) bond motifs is 1. The van der Waals surface area contributed by atoms with E-state index in [1.807, 2.05) is 6.92 Å². The van der Waals surface area contributed by atoms with E-state index in [1.165, 1.54) is 11.8 Å². The molecule has 1 saturated heterocycles. The first-order valence-electron chi connectivity index (χ1n) is 8.13. The molecule has 140 valence electrons. The van der Waals surface area contributed by atoms with Gasteiger partial charge in [-0.05, 0) is 20.3 Å². The molecular weight excluding hydrogens is 371 g/mol. The molecule has 1 aromatic rings. The van der Waals surface area contributed by atoms with Crippen LogP contribution < -0.4 is 11.1 Å². The van der Waals surface area contributed by atoms with Gasteiger partial charge in [0.2, 0.25) is 0 Å². The highest BCUT2D eigenvalue weighted by atomic mass is 35.5. The zero-order valence-corrected chi connectivity index (χ0v) is 15.8. The maximum absolute atomic E-state index is 14.6. The highest BCUT2D eigenvalue weighted by Crippen LogP contribution is 2.41. The molecule has 1 aliphatic heterocycles. The quantitative estimate of drug-likeness (QED) is 0.398. The lowest BCUT2D eigenvalue weighted by Gasteiger charge is -2.25. The first kappa shape index (κ1) is 18.9. The van der Waals surface area contributed by atoms with E-state index in [4.69, 9.17) is 26.8 Å². The second-order valence-corrected chi connectivity index (χ2v) is 8.00. The minimum absolute atomic E-state index is 0.102. The van der Waals surface area contributed by atoms with Crippen molar-refractivity contribution in [1.29, 1.82) is 0 Å². The average Bonchev–Trinajstić information content (AvgIpc) is 2.97. The van der Waals surface area contributed by atoms with E-state index in [0.29, 0.717) is 5.16 Å². The van der Waals surface area contributed by atoms with Gasteiger partial charge in [0.15, 0.2) is 28.1 Å². The summed E-state index contributed by atoms with van der Waals surface area (Å²) in [4.78, 5) is 8.45. The minimum atomic E-state index is -1.59. The van der Waals surface area contributed by atoms with Gasteiger partial charge < -0.3 is 25.6 Å². The third-order valence-electron chi connectivity index (χ3n) is 4.14. The summed E-state index contributed by atoms with van der Waals surface area (Å²) in [6.07, 6.45) is -3.36. The minimum Gasteiger partial charge on any atom is -0.393 e. The van der Waals surface area contributed by atoms with Crippen molar-refractivity contribution >= 4 is 34.9 Å². The Morgan fingerprint density at radius 2 is 2.04 bits per heavy atom. The third kappa shape index (κ3) is 3.66. The zero-order valence-electron chi connectivity index (χ0n) is 14.2. The molecule has 0 amide bonds. The molecule has 0 unspecified atom stereocenters.